The zero-order valence-corrected chi connectivity index (χ0v) is 11.8. The van der Waals surface area contributed by atoms with E-state index in [0.717, 1.165) is 16.0 Å². The Hall–Kier alpha value is -0.740. The van der Waals surface area contributed by atoms with Gasteiger partial charge in [0.2, 0.25) is 0 Å². The van der Waals surface area contributed by atoms with Crippen LogP contribution in [0.1, 0.15) is 13.8 Å². The van der Waals surface area contributed by atoms with Gasteiger partial charge in [-0.1, -0.05) is 13.8 Å². The van der Waals surface area contributed by atoms with Crippen molar-refractivity contribution in [3.05, 3.63) is 22.7 Å². The molecule has 0 saturated carbocycles. The molecule has 0 aromatic heterocycles. The van der Waals surface area contributed by atoms with Crippen molar-refractivity contribution >= 4 is 15.9 Å². The lowest BCUT2D eigenvalue weighted by Gasteiger charge is -2.07. The summed E-state index contributed by atoms with van der Waals surface area (Å²) in [4.78, 5) is 0. The maximum absolute atomic E-state index is 5.42. The van der Waals surface area contributed by atoms with E-state index in [1.165, 1.54) is 0 Å². The van der Waals surface area contributed by atoms with Crippen molar-refractivity contribution < 1.29 is 14.2 Å². The molecule has 0 amide bonds. The molecule has 0 radical (unpaired) electrons. The lowest BCUT2D eigenvalue weighted by molar-refractivity contribution is 0.146. The van der Waals surface area contributed by atoms with Crippen LogP contribution < -0.4 is 9.47 Å². The molecule has 0 aliphatic rings. The third-order valence-electron chi connectivity index (χ3n) is 1.68. The monoisotopic (exact) mass is 290 g/mol. The Morgan fingerprint density at radius 1 is 1.12 bits per heavy atom. The third kappa shape index (κ3) is 5.37. The molecule has 1 aromatic carbocycles. The molecule has 0 heterocycles. The normalized spacial score (nSPS) is 9.06. The summed E-state index contributed by atoms with van der Waals surface area (Å²) in [5.41, 5.74) is 0. The van der Waals surface area contributed by atoms with Crippen molar-refractivity contribution in [2.24, 2.45) is 0 Å². The van der Waals surface area contributed by atoms with Gasteiger partial charge in [0.05, 0.1) is 18.2 Å². The Morgan fingerprint density at radius 2 is 1.81 bits per heavy atom. The van der Waals surface area contributed by atoms with E-state index in [0.29, 0.717) is 13.2 Å². The highest BCUT2D eigenvalue weighted by Gasteiger charge is 2.01. The Bertz CT molecular complexity index is 290. The fourth-order valence-corrected chi connectivity index (χ4v) is 1.50. The van der Waals surface area contributed by atoms with Gasteiger partial charge in [0.25, 0.3) is 0 Å². The van der Waals surface area contributed by atoms with Crippen molar-refractivity contribution in [1.29, 1.82) is 0 Å². The van der Waals surface area contributed by atoms with Crippen molar-refractivity contribution in [3.63, 3.8) is 0 Å². The van der Waals surface area contributed by atoms with Gasteiger partial charge in [0.1, 0.15) is 18.1 Å². The van der Waals surface area contributed by atoms with Crippen LogP contribution in [0.3, 0.4) is 0 Å². The van der Waals surface area contributed by atoms with Gasteiger partial charge in [-0.3, -0.25) is 0 Å². The van der Waals surface area contributed by atoms with Gasteiger partial charge in [-0.2, -0.15) is 0 Å². The van der Waals surface area contributed by atoms with E-state index in [2.05, 4.69) is 15.9 Å². The molecule has 0 spiro atoms. The van der Waals surface area contributed by atoms with E-state index >= 15 is 0 Å². The third-order valence-corrected chi connectivity index (χ3v) is 2.30. The minimum atomic E-state index is 0.551. The molecule has 1 aromatic rings. The molecular formula is C12H19BrO3. The maximum atomic E-state index is 5.42. The molecular weight excluding hydrogens is 272 g/mol. The first kappa shape index (κ1) is 15.3. The molecule has 0 aliphatic carbocycles. The van der Waals surface area contributed by atoms with E-state index in [4.69, 9.17) is 14.2 Å². The Labute approximate surface area is 106 Å². The second-order valence-electron chi connectivity index (χ2n) is 2.64. The Morgan fingerprint density at radius 3 is 2.31 bits per heavy atom. The average molecular weight is 291 g/mol. The predicted molar refractivity (Wildman–Crippen MR) is 69.4 cm³/mol. The first-order valence-electron chi connectivity index (χ1n) is 5.23. The highest BCUT2D eigenvalue weighted by molar-refractivity contribution is 9.10. The summed E-state index contributed by atoms with van der Waals surface area (Å²) in [6.45, 7) is 5.14. The summed E-state index contributed by atoms with van der Waals surface area (Å²) < 4.78 is 16.3. The van der Waals surface area contributed by atoms with Crippen molar-refractivity contribution in [2.75, 3.05) is 27.4 Å². The molecule has 16 heavy (non-hydrogen) atoms. The summed E-state index contributed by atoms with van der Waals surface area (Å²) in [6.07, 6.45) is 0. The molecule has 0 N–H and O–H groups in total. The Balaban J connectivity index is 0.00000106. The van der Waals surface area contributed by atoms with Gasteiger partial charge in [-0.05, 0) is 34.1 Å². The standard InChI is InChI=1S/C10H13BrO3.C2H6/c1-12-5-6-14-8-3-4-10(13-2)9(11)7-8;1-2/h3-4,7H,5-6H2,1-2H3;1-2H3. The second kappa shape index (κ2) is 9.48. The SMILES string of the molecule is CC.COCCOc1ccc(OC)c(Br)c1. The fourth-order valence-electron chi connectivity index (χ4n) is 0.980. The molecule has 0 saturated heterocycles. The minimum Gasteiger partial charge on any atom is -0.496 e. The second-order valence-corrected chi connectivity index (χ2v) is 3.49. The van der Waals surface area contributed by atoms with Crippen LogP contribution in [0.25, 0.3) is 0 Å². The van der Waals surface area contributed by atoms with E-state index in [9.17, 15) is 0 Å². The van der Waals surface area contributed by atoms with Crippen LogP contribution >= 0.6 is 15.9 Å². The molecule has 0 aliphatic heterocycles. The lowest BCUT2D eigenvalue weighted by Crippen LogP contribution is -2.04. The van der Waals surface area contributed by atoms with Crippen LogP contribution in [0.2, 0.25) is 0 Å². The molecule has 3 nitrogen and oxygen atoms in total. The van der Waals surface area contributed by atoms with Gasteiger partial charge < -0.3 is 14.2 Å². The highest BCUT2D eigenvalue weighted by atomic mass is 79.9. The summed E-state index contributed by atoms with van der Waals surface area (Å²) in [5.74, 6) is 1.60. The van der Waals surface area contributed by atoms with E-state index in [1.807, 2.05) is 32.0 Å². The number of rotatable bonds is 5. The minimum absolute atomic E-state index is 0.551. The van der Waals surface area contributed by atoms with Crippen LogP contribution in [0.5, 0.6) is 11.5 Å². The van der Waals surface area contributed by atoms with Crippen molar-refractivity contribution in [2.45, 2.75) is 13.8 Å². The van der Waals surface area contributed by atoms with Crippen molar-refractivity contribution in [1.82, 2.24) is 0 Å². The number of methoxy groups -OCH3 is 2. The highest BCUT2D eigenvalue weighted by Crippen LogP contribution is 2.28. The van der Waals surface area contributed by atoms with Gasteiger partial charge in [-0.15, -0.1) is 0 Å². The van der Waals surface area contributed by atoms with Crippen LogP contribution in [-0.4, -0.2) is 27.4 Å². The molecule has 0 atom stereocenters. The van der Waals surface area contributed by atoms with Crippen LogP contribution in [0.15, 0.2) is 22.7 Å². The molecule has 0 fully saturated rings. The van der Waals surface area contributed by atoms with E-state index in [1.54, 1.807) is 14.2 Å². The van der Waals surface area contributed by atoms with E-state index < -0.39 is 0 Å². The lowest BCUT2D eigenvalue weighted by atomic mass is 10.3. The molecule has 92 valence electrons. The van der Waals surface area contributed by atoms with Gasteiger partial charge in [-0.25, -0.2) is 0 Å². The van der Waals surface area contributed by atoms with Crippen LogP contribution in [0, 0.1) is 0 Å². The summed E-state index contributed by atoms with van der Waals surface area (Å²) >= 11 is 3.38. The van der Waals surface area contributed by atoms with E-state index in [-0.39, 0.29) is 0 Å². The zero-order valence-electron chi connectivity index (χ0n) is 10.2. The van der Waals surface area contributed by atoms with Gasteiger partial charge in [0, 0.05) is 7.11 Å². The quantitative estimate of drug-likeness (QED) is 0.777. The van der Waals surface area contributed by atoms with Crippen LogP contribution in [0.4, 0.5) is 0 Å². The molecule has 0 bridgehead atoms. The predicted octanol–water partition coefficient (Wildman–Crippen LogP) is 3.51. The first-order valence-corrected chi connectivity index (χ1v) is 6.02. The smallest absolute Gasteiger partial charge is 0.133 e. The largest absolute Gasteiger partial charge is 0.496 e. The molecule has 1 rings (SSSR count). The summed E-state index contributed by atoms with van der Waals surface area (Å²) in [5, 5.41) is 0. The maximum Gasteiger partial charge on any atom is 0.133 e. The number of hydrogen-bond donors (Lipinski definition) is 0. The number of ether oxygens (including phenoxy) is 3. The fraction of sp³-hybridized carbons (Fsp3) is 0.500. The first-order chi connectivity index (χ1) is 7.77. The van der Waals surface area contributed by atoms with Gasteiger partial charge in [0.15, 0.2) is 0 Å². The average Bonchev–Trinajstić information content (AvgIpc) is 2.32. The van der Waals surface area contributed by atoms with Crippen LogP contribution in [-0.2, 0) is 4.74 Å². The molecule has 4 heteroatoms. The molecule has 0 unspecified atom stereocenters. The van der Waals surface area contributed by atoms with Gasteiger partial charge >= 0.3 is 0 Å². The summed E-state index contributed by atoms with van der Waals surface area (Å²) in [6, 6.07) is 5.58. The summed E-state index contributed by atoms with van der Waals surface area (Å²) in [7, 11) is 3.28. The Kier molecular flexibility index (Phi) is 9.04. The zero-order chi connectivity index (χ0) is 12.4. The number of halogens is 1. The topological polar surface area (TPSA) is 27.7 Å². The van der Waals surface area contributed by atoms with Crippen molar-refractivity contribution in [3.8, 4) is 11.5 Å². The number of hydrogen-bond acceptors (Lipinski definition) is 3. The number of benzene rings is 1.